The van der Waals surface area contributed by atoms with E-state index in [-0.39, 0.29) is 55.7 Å². The van der Waals surface area contributed by atoms with Crippen LogP contribution >= 0.6 is 12.4 Å². The van der Waals surface area contributed by atoms with Crippen molar-refractivity contribution in [3.8, 4) is 22.5 Å². The Morgan fingerprint density at radius 2 is 1.54 bits per heavy atom. The zero-order valence-electron chi connectivity index (χ0n) is 23.4. The van der Waals surface area contributed by atoms with Gasteiger partial charge in [-0.2, -0.15) is 0 Å². The molecule has 0 saturated heterocycles. The number of unbranched alkanes of at least 4 members (excludes halogenated alkanes) is 1. The molecule has 2 radical (unpaired) electrons. The topological polar surface area (TPSA) is 93.8 Å². The number of aryl methyl sites for hydroxylation is 2. The number of H-pyrrole nitrogens is 1. The maximum atomic E-state index is 13.9. The van der Waals surface area contributed by atoms with Crippen molar-refractivity contribution in [2.45, 2.75) is 52.5 Å². The Hall–Kier alpha value is -2.97. The van der Waals surface area contributed by atoms with Crippen LogP contribution in [0.2, 0.25) is 0 Å². The third-order valence-electron chi connectivity index (χ3n) is 6.96. The molecular weight excluding hydrogens is 564 g/mol. The third kappa shape index (κ3) is 7.66. The van der Waals surface area contributed by atoms with Crippen molar-refractivity contribution < 1.29 is 4.52 Å². The Morgan fingerprint density at radius 3 is 2.17 bits per heavy atom. The first-order chi connectivity index (χ1) is 19.1. The van der Waals surface area contributed by atoms with E-state index in [1.54, 1.807) is 0 Å². The third-order valence-corrected chi connectivity index (χ3v) is 6.96. The number of halogens is 1. The Labute approximate surface area is 275 Å². The molecular formula is C32H33CaClN4O3. The molecule has 3 aromatic carbocycles. The minimum absolute atomic E-state index is 0. The van der Waals surface area contributed by atoms with Crippen LogP contribution in [0.5, 0.6) is 0 Å². The monoisotopic (exact) mass is 596 g/mol. The Kier molecular flexibility index (Phi) is 12.2. The van der Waals surface area contributed by atoms with Crippen molar-refractivity contribution in [2.24, 2.45) is 0 Å². The summed E-state index contributed by atoms with van der Waals surface area (Å²) in [5.41, 5.74) is 6.53. The van der Waals surface area contributed by atoms with Crippen molar-refractivity contribution >= 4 is 50.1 Å². The molecule has 0 atom stereocenters. The zero-order chi connectivity index (χ0) is 27.2. The summed E-state index contributed by atoms with van der Waals surface area (Å²) < 4.78 is 6.55. The minimum atomic E-state index is -0.588. The molecule has 0 aliphatic carbocycles. The number of hydrogen-bond donors (Lipinski definition) is 1. The van der Waals surface area contributed by atoms with E-state index in [1.165, 1.54) is 0 Å². The van der Waals surface area contributed by atoms with Crippen LogP contribution in [0.4, 0.5) is 0 Å². The van der Waals surface area contributed by atoms with E-state index in [0.29, 0.717) is 25.2 Å². The predicted molar refractivity (Wildman–Crippen MR) is 166 cm³/mol. The van der Waals surface area contributed by atoms with Gasteiger partial charge in [-0.05, 0) is 35.1 Å². The maximum absolute atomic E-state index is 13.9. The van der Waals surface area contributed by atoms with Gasteiger partial charge in [0.05, 0.1) is 12.2 Å². The molecule has 0 saturated carbocycles. The number of nitrogens with one attached hydrogen (secondary N) is 1. The summed E-state index contributed by atoms with van der Waals surface area (Å²) in [5.74, 6) is 0.632. The first-order valence-electron chi connectivity index (χ1n) is 13.5. The Balaban J connectivity index is 0.00000231. The molecule has 1 N–H and O–H groups in total. The molecule has 0 bridgehead atoms. The van der Waals surface area contributed by atoms with Gasteiger partial charge in [0.15, 0.2) is 5.82 Å². The van der Waals surface area contributed by atoms with E-state index in [9.17, 15) is 9.59 Å². The summed E-state index contributed by atoms with van der Waals surface area (Å²) >= 11 is 0. The molecule has 0 unspecified atom stereocenters. The van der Waals surface area contributed by atoms with Gasteiger partial charge in [0.2, 0.25) is 0 Å². The summed E-state index contributed by atoms with van der Waals surface area (Å²) in [4.78, 5) is 33.1. The number of benzene rings is 3. The zero-order valence-corrected chi connectivity index (χ0v) is 26.5. The van der Waals surface area contributed by atoms with Gasteiger partial charge in [0.1, 0.15) is 5.82 Å². The summed E-state index contributed by atoms with van der Waals surface area (Å²) in [6.07, 6.45) is 4.04. The molecule has 0 aliphatic heterocycles. The molecule has 9 heteroatoms. The molecule has 41 heavy (non-hydrogen) atoms. The Morgan fingerprint density at radius 1 is 0.854 bits per heavy atom. The molecule has 5 aromatic rings. The Bertz CT molecular complexity index is 1680. The quantitative estimate of drug-likeness (QED) is 0.204. The smallest absolute Gasteiger partial charge is 0.296 e. The van der Waals surface area contributed by atoms with Gasteiger partial charge in [-0.3, -0.25) is 18.9 Å². The van der Waals surface area contributed by atoms with Gasteiger partial charge in [-0.15, -0.1) is 12.4 Å². The van der Waals surface area contributed by atoms with E-state index in [0.717, 1.165) is 64.2 Å². The molecule has 0 aliphatic rings. The standard InChI is InChI=1S/C32H32N4O3.Ca.ClH/c1-3-5-15-28-27(31(37)36(29(4-2)33-28)21-23-11-7-6-8-12-23)20-22-16-18-24(19-17-22)25-13-9-10-14-26(25)30-34-32(38)39-35-30;;/h6-14,16-19H,3-5,15,20-21H2,1-2H3,(H,34,35,38);;1H. The number of rotatable bonds is 10. The van der Waals surface area contributed by atoms with Gasteiger partial charge >= 0.3 is 5.76 Å². The second kappa shape index (κ2) is 15.3. The van der Waals surface area contributed by atoms with Crippen LogP contribution in [-0.2, 0) is 25.8 Å². The molecule has 7 nitrogen and oxygen atoms in total. The average Bonchev–Trinajstić information content (AvgIpc) is 3.41. The average molecular weight is 597 g/mol. The van der Waals surface area contributed by atoms with Gasteiger partial charge in [0.25, 0.3) is 5.56 Å². The number of aromatic nitrogens is 4. The van der Waals surface area contributed by atoms with Crippen LogP contribution in [0.25, 0.3) is 22.5 Å². The fourth-order valence-electron chi connectivity index (χ4n) is 4.91. The van der Waals surface area contributed by atoms with E-state index >= 15 is 0 Å². The SMILES string of the molecule is CCCCc1nc(CC)n(Cc2ccccc2)c(=O)c1Cc1ccc(-c2ccccc2-c2noc(=O)[nH]2)cc1.Cl.[Ca]. The van der Waals surface area contributed by atoms with Crippen molar-refractivity contribution in [1.82, 2.24) is 19.7 Å². The van der Waals surface area contributed by atoms with Gasteiger partial charge in [-0.1, -0.05) is 104 Å². The predicted octanol–water partition coefficient (Wildman–Crippen LogP) is 5.84. The van der Waals surface area contributed by atoms with E-state index in [1.807, 2.05) is 71.3 Å². The van der Waals surface area contributed by atoms with Crippen LogP contribution in [-0.4, -0.2) is 57.4 Å². The molecule has 208 valence electrons. The number of aromatic amines is 1. The van der Waals surface area contributed by atoms with Crippen LogP contribution in [0, 0.1) is 0 Å². The van der Waals surface area contributed by atoms with Crippen molar-refractivity contribution in [3.63, 3.8) is 0 Å². The molecule has 0 amide bonds. The summed E-state index contributed by atoms with van der Waals surface area (Å²) in [7, 11) is 0. The van der Waals surface area contributed by atoms with Crippen LogP contribution < -0.4 is 11.3 Å². The number of hydrogen-bond acceptors (Lipinski definition) is 5. The first kappa shape index (κ1) is 32.5. The first-order valence-corrected chi connectivity index (χ1v) is 13.5. The van der Waals surface area contributed by atoms with E-state index < -0.39 is 5.76 Å². The fourth-order valence-corrected chi connectivity index (χ4v) is 4.91. The minimum Gasteiger partial charge on any atom is -0.296 e. The van der Waals surface area contributed by atoms with E-state index in [2.05, 4.69) is 36.1 Å². The summed E-state index contributed by atoms with van der Waals surface area (Å²) in [6.45, 7) is 4.72. The van der Waals surface area contributed by atoms with Gasteiger partial charge in [-0.25, -0.2) is 9.78 Å². The second-order valence-electron chi connectivity index (χ2n) is 9.65. The molecule has 0 spiro atoms. The maximum Gasteiger partial charge on any atom is 0.439 e. The van der Waals surface area contributed by atoms with Crippen LogP contribution in [0.3, 0.4) is 0 Å². The summed E-state index contributed by atoms with van der Waals surface area (Å²) in [5, 5.41) is 3.85. The fraction of sp³-hybridized carbons (Fsp3) is 0.250. The van der Waals surface area contributed by atoms with Gasteiger partial charge < -0.3 is 0 Å². The van der Waals surface area contributed by atoms with Crippen molar-refractivity contribution in [2.75, 3.05) is 0 Å². The van der Waals surface area contributed by atoms with Gasteiger partial charge in [0, 0.05) is 61.7 Å². The van der Waals surface area contributed by atoms with Crippen molar-refractivity contribution in [3.05, 3.63) is 128 Å². The largest absolute Gasteiger partial charge is 0.439 e. The summed E-state index contributed by atoms with van der Waals surface area (Å²) in [6, 6.07) is 26.0. The molecule has 0 fully saturated rings. The normalized spacial score (nSPS) is 10.6. The van der Waals surface area contributed by atoms with Crippen LogP contribution in [0.1, 0.15) is 54.9 Å². The molecule has 2 heterocycles. The second-order valence-corrected chi connectivity index (χ2v) is 9.65. The number of nitrogens with zero attached hydrogens (tertiary/aromatic N) is 3. The van der Waals surface area contributed by atoms with Crippen LogP contribution in [0.15, 0.2) is 93.0 Å². The molecule has 2 aromatic heterocycles. The molecule has 5 rings (SSSR count). The van der Waals surface area contributed by atoms with E-state index in [4.69, 9.17) is 9.51 Å². The van der Waals surface area contributed by atoms with Crippen molar-refractivity contribution in [1.29, 1.82) is 0 Å².